The third-order valence-electron chi connectivity index (χ3n) is 6.69. The fraction of sp³-hybridized carbons (Fsp3) is 0.333. The molecule has 1 aliphatic rings. The zero-order chi connectivity index (χ0) is 24.5. The first-order chi connectivity index (χ1) is 16.9. The van der Waals surface area contributed by atoms with Crippen LogP contribution < -0.4 is 10.5 Å². The summed E-state index contributed by atoms with van der Waals surface area (Å²) in [7, 11) is 2.17. The number of benzene rings is 2. The molecular formula is C27H31N5O2S. The van der Waals surface area contributed by atoms with Crippen LogP contribution in [0.25, 0.3) is 16.0 Å². The molecule has 0 spiro atoms. The molecule has 0 radical (unpaired) electrons. The number of likely N-dealkylation sites (N-methyl/N-ethyl adjacent to an activating group) is 1. The van der Waals surface area contributed by atoms with Crippen LogP contribution in [0.2, 0.25) is 0 Å². The molecule has 1 saturated heterocycles. The second-order valence-corrected chi connectivity index (χ2v) is 10.3. The van der Waals surface area contributed by atoms with E-state index in [0.717, 1.165) is 59.9 Å². The van der Waals surface area contributed by atoms with E-state index in [1.54, 1.807) is 6.33 Å². The summed E-state index contributed by atoms with van der Waals surface area (Å²) in [5.41, 5.74) is 11.1. The second kappa shape index (κ2) is 9.81. The molecule has 0 bridgehead atoms. The third-order valence-corrected chi connectivity index (χ3v) is 7.82. The van der Waals surface area contributed by atoms with Crippen LogP contribution in [0.4, 0.5) is 0 Å². The lowest BCUT2D eigenvalue weighted by Gasteiger charge is -2.32. The Morgan fingerprint density at radius 1 is 1.14 bits per heavy atom. The maximum Gasteiger partial charge on any atom is 0.262 e. The number of piperazine rings is 1. The zero-order valence-electron chi connectivity index (χ0n) is 20.4. The Bertz CT molecular complexity index is 1350. The van der Waals surface area contributed by atoms with Crippen molar-refractivity contribution in [3.8, 4) is 10.8 Å². The Kier molecular flexibility index (Phi) is 6.60. The Morgan fingerprint density at radius 3 is 2.66 bits per heavy atom. The van der Waals surface area contributed by atoms with Gasteiger partial charge in [-0.3, -0.25) is 14.3 Å². The van der Waals surface area contributed by atoms with Crippen LogP contribution in [-0.2, 0) is 6.54 Å². The topological polar surface area (TPSA) is 76.6 Å². The second-order valence-electron chi connectivity index (χ2n) is 9.28. The lowest BCUT2D eigenvalue weighted by molar-refractivity contribution is 0.0998. The van der Waals surface area contributed by atoms with Crippen molar-refractivity contribution in [3.63, 3.8) is 0 Å². The van der Waals surface area contributed by atoms with Crippen molar-refractivity contribution in [1.29, 1.82) is 0 Å². The standard InChI is InChI=1S/C27H31N5O2S/c1-18-6-4-5-7-21(18)19(2)34-24-15-25(35-26(24)27(28)33)32-17-29-22-9-8-20(14-23(22)32)16-31-12-10-30(3)11-13-31/h4-9,14-15,17,19H,10-13,16H2,1-3H3,(H2,28,33). The maximum atomic E-state index is 12.3. The van der Waals surface area contributed by atoms with Crippen molar-refractivity contribution in [1.82, 2.24) is 19.4 Å². The molecule has 1 unspecified atom stereocenters. The average Bonchev–Trinajstić information content (AvgIpc) is 3.44. The van der Waals surface area contributed by atoms with Crippen LogP contribution >= 0.6 is 11.3 Å². The number of thiophene rings is 1. The molecule has 2 N–H and O–H groups in total. The molecule has 1 atom stereocenters. The van der Waals surface area contributed by atoms with Gasteiger partial charge in [-0.15, -0.1) is 11.3 Å². The fourth-order valence-electron chi connectivity index (χ4n) is 4.63. The first-order valence-corrected chi connectivity index (χ1v) is 12.7. The fourth-order valence-corrected chi connectivity index (χ4v) is 5.56. The van der Waals surface area contributed by atoms with Crippen LogP contribution in [0.5, 0.6) is 5.75 Å². The van der Waals surface area contributed by atoms with Crippen molar-refractivity contribution in [2.75, 3.05) is 33.2 Å². The van der Waals surface area contributed by atoms with E-state index in [1.165, 1.54) is 16.9 Å². The number of ether oxygens (including phenoxy) is 1. The monoisotopic (exact) mass is 489 g/mol. The van der Waals surface area contributed by atoms with E-state index in [2.05, 4.69) is 53.0 Å². The van der Waals surface area contributed by atoms with Gasteiger partial charge in [-0.25, -0.2) is 4.98 Å². The molecule has 3 heterocycles. The molecule has 7 nitrogen and oxygen atoms in total. The van der Waals surface area contributed by atoms with Crippen LogP contribution in [-0.4, -0.2) is 58.5 Å². The lowest BCUT2D eigenvalue weighted by atomic mass is 10.0. The molecule has 182 valence electrons. The Labute approximate surface area is 209 Å². The third kappa shape index (κ3) is 4.96. The molecule has 4 aromatic rings. The van der Waals surface area contributed by atoms with E-state index in [9.17, 15) is 4.79 Å². The van der Waals surface area contributed by atoms with Gasteiger partial charge in [-0.2, -0.15) is 0 Å². The van der Waals surface area contributed by atoms with Gasteiger partial charge < -0.3 is 15.4 Å². The number of hydrogen-bond donors (Lipinski definition) is 1. The highest BCUT2D eigenvalue weighted by molar-refractivity contribution is 7.16. The van der Waals surface area contributed by atoms with E-state index >= 15 is 0 Å². The van der Waals surface area contributed by atoms with Crippen molar-refractivity contribution >= 4 is 28.3 Å². The minimum absolute atomic E-state index is 0.216. The van der Waals surface area contributed by atoms with Crippen molar-refractivity contribution in [3.05, 3.63) is 76.4 Å². The number of nitrogens with two attached hydrogens (primary N) is 1. The summed E-state index contributed by atoms with van der Waals surface area (Å²) in [6, 6.07) is 16.4. The van der Waals surface area contributed by atoms with Crippen LogP contribution in [0.1, 0.15) is 39.4 Å². The number of imidazole rings is 1. The van der Waals surface area contributed by atoms with Gasteiger partial charge >= 0.3 is 0 Å². The summed E-state index contributed by atoms with van der Waals surface area (Å²) in [4.78, 5) is 22.1. The zero-order valence-corrected chi connectivity index (χ0v) is 21.2. The van der Waals surface area contributed by atoms with Crippen LogP contribution in [0.3, 0.4) is 0 Å². The number of fused-ring (bicyclic) bond motifs is 1. The molecule has 0 aliphatic carbocycles. The van der Waals surface area contributed by atoms with Gasteiger partial charge in [-0.05, 0) is 49.7 Å². The summed E-state index contributed by atoms with van der Waals surface area (Å²) in [6.07, 6.45) is 1.58. The maximum absolute atomic E-state index is 12.3. The highest BCUT2D eigenvalue weighted by atomic mass is 32.1. The summed E-state index contributed by atoms with van der Waals surface area (Å²) >= 11 is 1.33. The number of primary amides is 1. The molecule has 5 rings (SSSR count). The van der Waals surface area contributed by atoms with Crippen LogP contribution in [0.15, 0.2) is 54.9 Å². The van der Waals surface area contributed by atoms with E-state index in [4.69, 9.17) is 10.5 Å². The van der Waals surface area contributed by atoms with Gasteiger partial charge in [0.1, 0.15) is 28.1 Å². The van der Waals surface area contributed by atoms with Gasteiger partial charge in [0.2, 0.25) is 0 Å². The Balaban J connectivity index is 1.44. The summed E-state index contributed by atoms with van der Waals surface area (Å²) in [5, 5.41) is 0.852. The highest BCUT2D eigenvalue weighted by Crippen LogP contribution is 2.36. The molecule has 1 fully saturated rings. The van der Waals surface area contributed by atoms with E-state index in [1.807, 2.05) is 35.8 Å². The number of aryl methyl sites for hydroxylation is 1. The number of aromatic nitrogens is 2. The molecule has 2 aromatic heterocycles. The van der Waals surface area contributed by atoms with E-state index in [-0.39, 0.29) is 6.10 Å². The minimum Gasteiger partial charge on any atom is -0.484 e. The van der Waals surface area contributed by atoms with Crippen molar-refractivity contribution < 1.29 is 9.53 Å². The molecule has 35 heavy (non-hydrogen) atoms. The minimum atomic E-state index is -0.492. The molecule has 0 saturated carbocycles. The van der Waals surface area contributed by atoms with Gasteiger partial charge in [-0.1, -0.05) is 30.3 Å². The van der Waals surface area contributed by atoms with E-state index < -0.39 is 5.91 Å². The van der Waals surface area contributed by atoms with Gasteiger partial charge in [0.05, 0.1) is 11.0 Å². The predicted octanol–water partition coefficient (Wildman–Crippen LogP) is 4.38. The summed E-state index contributed by atoms with van der Waals surface area (Å²) in [5.74, 6) is 0.0112. The average molecular weight is 490 g/mol. The molecular weight excluding hydrogens is 458 g/mol. The summed E-state index contributed by atoms with van der Waals surface area (Å²) in [6.45, 7) is 9.28. The quantitative estimate of drug-likeness (QED) is 0.417. The molecule has 2 aromatic carbocycles. The van der Waals surface area contributed by atoms with Gasteiger partial charge in [0, 0.05) is 38.8 Å². The van der Waals surface area contributed by atoms with Gasteiger partial charge in [0.25, 0.3) is 5.91 Å². The summed E-state index contributed by atoms with van der Waals surface area (Å²) < 4.78 is 8.28. The molecule has 1 aliphatic heterocycles. The van der Waals surface area contributed by atoms with Crippen LogP contribution in [0, 0.1) is 6.92 Å². The first kappa shape index (κ1) is 23.5. The number of nitrogens with zero attached hydrogens (tertiary/aromatic N) is 4. The number of amides is 1. The normalized spacial score (nSPS) is 16.0. The first-order valence-electron chi connectivity index (χ1n) is 11.9. The van der Waals surface area contributed by atoms with Gasteiger partial charge in [0.15, 0.2) is 0 Å². The lowest BCUT2D eigenvalue weighted by Crippen LogP contribution is -2.43. The smallest absolute Gasteiger partial charge is 0.262 e. The number of hydrogen-bond acceptors (Lipinski definition) is 6. The van der Waals surface area contributed by atoms with Crippen molar-refractivity contribution in [2.45, 2.75) is 26.5 Å². The Hall–Kier alpha value is -3.20. The largest absolute Gasteiger partial charge is 0.484 e. The molecule has 8 heteroatoms. The highest BCUT2D eigenvalue weighted by Gasteiger charge is 2.21. The number of carbonyl (C=O) groups is 1. The van der Waals surface area contributed by atoms with Crippen molar-refractivity contribution in [2.24, 2.45) is 5.73 Å². The Morgan fingerprint density at radius 2 is 1.91 bits per heavy atom. The predicted molar refractivity (Wildman–Crippen MR) is 140 cm³/mol. The number of carbonyl (C=O) groups excluding carboxylic acids is 1. The number of rotatable bonds is 7. The molecule has 1 amide bonds. The SMILES string of the molecule is Cc1ccccc1C(C)Oc1cc(-n2cnc3ccc(CN4CCN(C)CC4)cc32)sc1C(N)=O. The van der Waals surface area contributed by atoms with E-state index in [0.29, 0.717) is 10.6 Å².